The standard InChI is InChI=1S/C28H33N5O2/c1-5-30-26(35)15-19(2)21-16-24-28(31-17-21)27(25(34)18-32-13-7-6-8-14-32)20(3)33(24)23-11-9-22(29-4)10-12-23/h9-12,16-17,19H,5-8,13-15,18H2,1-3H3,(H,30,35). The number of nitrogens with zero attached hydrogens (tertiary/aromatic N) is 4. The molecule has 3 aromatic rings. The number of carbonyl (C=O) groups is 2. The van der Waals surface area contributed by atoms with Gasteiger partial charge in [0, 0.05) is 30.5 Å². The second-order valence-corrected chi connectivity index (χ2v) is 9.38. The van der Waals surface area contributed by atoms with Crippen molar-refractivity contribution in [3.05, 3.63) is 64.8 Å². The molecule has 1 aliphatic rings. The summed E-state index contributed by atoms with van der Waals surface area (Å²) in [7, 11) is 0. The van der Waals surface area contributed by atoms with Crippen LogP contribution in [0.2, 0.25) is 0 Å². The first-order chi connectivity index (χ1) is 16.9. The Bertz CT molecular complexity index is 1260. The molecule has 0 aliphatic carbocycles. The number of hydrogen-bond acceptors (Lipinski definition) is 4. The van der Waals surface area contributed by atoms with Crippen molar-refractivity contribution < 1.29 is 9.59 Å². The highest BCUT2D eigenvalue weighted by molar-refractivity contribution is 6.09. The molecule has 35 heavy (non-hydrogen) atoms. The van der Waals surface area contributed by atoms with Gasteiger partial charge in [-0.3, -0.25) is 19.5 Å². The maximum absolute atomic E-state index is 13.5. The van der Waals surface area contributed by atoms with E-state index in [-0.39, 0.29) is 17.6 Å². The predicted octanol–water partition coefficient (Wildman–Crippen LogP) is 5.18. The summed E-state index contributed by atoms with van der Waals surface area (Å²) in [5, 5.41) is 2.86. The fourth-order valence-electron chi connectivity index (χ4n) is 4.97. The summed E-state index contributed by atoms with van der Waals surface area (Å²) in [6.45, 7) is 16.1. The number of rotatable bonds is 8. The van der Waals surface area contributed by atoms with Crippen molar-refractivity contribution in [1.82, 2.24) is 19.8 Å². The zero-order valence-corrected chi connectivity index (χ0v) is 20.8. The number of fused-ring (bicyclic) bond motifs is 1. The maximum Gasteiger partial charge on any atom is 0.220 e. The molecule has 2 aromatic heterocycles. The Labute approximate surface area is 207 Å². The van der Waals surface area contributed by atoms with Crippen LogP contribution < -0.4 is 5.32 Å². The summed E-state index contributed by atoms with van der Waals surface area (Å²) in [6.07, 6.45) is 5.67. The average molecular weight is 472 g/mol. The Morgan fingerprint density at radius 3 is 2.54 bits per heavy atom. The molecule has 1 aliphatic heterocycles. The third kappa shape index (κ3) is 5.28. The van der Waals surface area contributed by atoms with Crippen molar-refractivity contribution in [2.45, 2.75) is 52.4 Å². The van der Waals surface area contributed by atoms with Gasteiger partial charge in [0.25, 0.3) is 0 Å². The summed E-state index contributed by atoms with van der Waals surface area (Å²) in [4.78, 5) is 36.2. The third-order valence-electron chi connectivity index (χ3n) is 6.83. The number of hydrogen-bond donors (Lipinski definition) is 1. The molecule has 7 nitrogen and oxygen atoms in total. The molecule has 1 saturated heterocycles. The molecule has 0 saturated carbocycles. The smallest absolute Gasteiger partial charge is 0.220 e. The predicted molar refractivity (Wildman–Crippen MR) is 138 cm³/mol. The summed E-state index contributed by atoms with van der Waals surface area (Å²) < 4.78 is 2.06. The number of benzene rings is 1. The number of Topliss-reactive ketones (excluding diaryl/α,β-unsaturated/α-hetero) is 1. The minimum absolute atomic E-state index is 0.0128. The van der Waals surface area contributed by atoms with Crippen molar-refractivity contribution in [2.24, 2.45) is 0 Å². The summed E-state index contributed by atoms with van der Waals surface area (Å²) in [5.41, 5.74) is 5.44. The Balaban J connectivity index is 1.78. The second-order valence-electron chi connectivity index (χ2n) is 9.38. The number of nitrogens with one attached hydrogen (secondary N) is 1. The number of likely N-dealkylation sites (tertiary alicyclic amines) is 1. The van der Waals surface area contributed by atoms with Gasteiger partial charge in [-0.1, -0.05) is 25.5 Å². The van der Waals surface area contributed by atoms with Gasteiger partial charge in [0.05, 0.1) is 29.7 Å². The van der Waals surface area contributed by atoms with Gasteiger partial charge in [-0.15, -0.1) is 0 Å². The second kappa shape index (κ2) is 10.8. The minimum Gasteiger partial charge on any atom is -0.356 e. The first-order valence-electron chi connectivity index (χ1n) is 12.4. The topological polar surface area (TPSA) is 71.6 Å². The van der Waals surface area contributed by atoms with Crippen molar-refractivity contribution in [2.75, 3.05) is 26.2 Å². The highest BCUT2D eigenvalue weighted by atomic mass is 16.1. The van der Waals surface area contributed by atoms with E-state index in [1.54, 1.807) is 18.3 Å². The van der Waals surface area contributed by atoms with Crippen LogP contribution in [0.25, 0.3) is 21.6 Å². The van der Waals surface area contributed by atoms with Gasteiger partial charge in [0.15, 0.2) is 11.5 Å². The number of piperidine rings is 1. The summed E-state index contributed by atoms with van der Waals surface area (Å²) >= 11 is 0. The van der Waals surface area contributed by atoms with Gasteiger partial charge in [-0.25, -0.2) is 4.85 Å². The van der Waals surface area contributed by atoms with Crippen LogP contribution in [0.15, 0.2) is 36.5 Å². The van der Waals surface area contributed by atoms with Crippen molar-refractivity contribution >= 4 is 28.4 Å². The molecule has 4 rings (SSSR count). The molecular weight excluding hydrogens is 438 g/mol. The lowest BCUT2D eigenvalue weighted by Gasteiger charge is -2.25. The van der Waals surface area contributed by atoms with E-state index in [0.29, 0.717) is 36.3 Å². The van der Waals surface area contributed by atoms with Crippen molar-refractivity contribution in [1.29, 1.82) is 0 Å². The lowest BCUT2D eigenvalue weighted by molar-refractivity contribution is -0.121. The molecule has 1 aromatic carbocycles. The fourth-order valence-corrected chi connectivity index (χ4v) is 4.97. The Morgan fingerprint density at radius 1 is 1.17 bits per heavy atom. The molecule has 1 fully saturated rings. The molecular formula is C28H33N5O2. The van der Waals surface area contributed by atoms with Gasteiger partial charge in [-0.05, 0) is 69.5 Å². The molecule has 7 heteroatoms. The summed E-state index contributed by atoms with van der Waals surface area (Å²) in [6, 6.07) is 9.45. The average Bonchev–Trinajstić information content (AvgIpc) is 3.15. The van der Waals surface area contributed by atoms with Crippen molar-refractivity contribution in [3.63, 3.8) is 0 Å². The number of carbonyl (C=O) groups excluding carboxylic acids is 2. The van der Waals surface area contributed by atoms with Crippen LogP contribution in [0.5, 0.6) is 0 Å². The molecule has 1 amide bonds. The number of aromatic nitrogens is 2. The third-order valence-corrected chi connectivity index (χ3v) is 6.83. The molecule has 1 unspecified atom stereocenters. The number of ketones is 1. The Kier molecular flexibility index (Phi) is 7.62. The van der Waals surface area contributed by atoms with E-state index >= 15 is 0 Å². The quantitative estimate of drug-likeness (QED) is 0.363. The van der Waals surface area contributed by atoms with E-state index in [2.05, 4.69) is 25.7 Å². The first kappa shape index (κ1) is 24.6. The lowest BCUT2D eigenvalue weighted by Crippen LogP contribution is -2.34. The van der Waals surface area contributed by atoms with E-state index in [9.17, 15) is 9.59 Å². The highest BCUT2D eigenvalue weighted by Crippen LogP contribution is 2.32. The van der Waals surface area contributed by atoms with Gasteiger partial charge in [0.2, 0.25) is 5.91 Å². The van der Waals surface area contributed by atoms with Crippen LogP contribution in [-0.4, -0.2) is 52.3 Å². The molecule has 0 spiro atoms. The molecule has 1 atom stereocenters. The van der Waals surface area contributed by atoms with E-state index in [1.807, 2.05) is 32.9 Å². The molecule has 182 valence electrons. The van der Waals surface area contributed by atoms with Gasteiger partial charge < -0.3 is 9.88 Å². The van der Waals surface area contributed by atoms with Crippen LogP contribution in [-0.2, 0) is 4.79 Å². The van der Waals surface area contributed by atoms with Gasteiger partial charge in [-0.2, -0.15) is 0 Å². The Hall–Kier alpha value is -3.50. The Morgan fingerprint density at radius 2 is 1.89 bits per heavy atom. The lowest BCUT2D eigenvalue weighted by atomic mass is 9.98. The SMILES string of the molecule is [C-]#[N+]c1ccc(-n2c(C)c(C(=O)CN3CCCCC3)c3ncc(C(C)CC(=O)NCC)cc32)cc1. The van der Waals surface area contributed by atoms with E-state index < -0.39 is 0 Å². The normalized spacial score (nSPS) is 15.0. The minimum atomic E-state index is -0.0147. The van der Waals surface area contributed by atoms with Gasteiger partial charge in [0.1, 0.15) is 0 Å². The van der Waals surface area contributed by atoms with Crippen LogP contribution in [0.3, 0.4) is 0 Å². The fraction of sp³-hybridized carbons (Fsp3) is 0.429. The van der Waals surface area contributed by atoms with E-state index in [0.717, 1.165) is 48.4 Å². The van der Waals surface area contributed by atoms with Crippen LogP contribution in [0.1, 0.15) is 67.1 Å². The largest absolute Gasteiger partial charge is 0.356 e. The van der Waals surface area contributed by atoms with E-state index in [1.165, 1.54) is 6.42 Å². The first-order valence-corrected chi connectivity index (χ1v) is 12.4. The van der Waals surface area contributed by atoms with Crippen molar-refractivity contribution in [3.8, 4) is 5.69 Å². The number of pyridine rings is 1. The zero-order valence-electron chi connectivity index (χ0n) is 20.8. The van der Waals surface area contributed by atoms with Crippen LogP contribution >= 0.6 is 0 Å². The zero-order chi connectivity index (χ0) is 24.9. The molecule has 0 bridgehead atoms. The molecule has 3 heterocycles. The molecule has 1 N–H and O–H groups in total. The van der Waals surface area contributed by atoms with Crippen LogP contribution in [0.4, 0.5) is 5.69 Å². The van der Waals surface area contributed by atoms with Gasteiger partial charge >= 0.3 is 0 Å². The maximum atomic E-state index is 13.5. The van der Waals surface area contributed by atoms with E-state index in [4.69, 9.17) is 11.6 Å². The summed E-state index contributed by atoms with van der Waals surface area (Å²) in [5.74, 6) is 0.0828. The van der Waals surface area contributed by atoms with Crippen LogP contribution in [0, 0.1) is 13.5 Å². The molecule has 0 radical (unpaired) electrons. The highest BCUT2D eigenvalue weighted by Gasteiger charge is 2.25. The monoisotopic (exact) mass is 471 g/mol. The number of amides is 1.